The predicted octanol–water partition coefficient (Wildman–Crippen LogP) is 3.01. The summed E-state index contributed by atoms with van der Waals surface area (Å²) < 4.78 is 0. The van der Waals surface area contributed by atoms with E-state index in [9.17, 15) is 10.1 Å². The first-order chi connectivity index (χ1) is 9.71. The average Bonchev–Trinajstić information content (AvgIpc) is 3.20. The smallest absolute Gasteiger partial charge is 0.241 e. The molecule has 0 bridgehead atoms. The number of nitrogens with one attached hydrogen (secondary N) is 1. The van der Waals surface area contributed by atoms with E-state index in [0.29, 0.717) is 5.92 Å². The molecule has 3 atom stereocenters. The molecule has 3 heteroatoms. The number of hydrogen-bond acceptors (Lipinski definition) is 2. The quantitative estimate of drug-likeness (QED) is 0.855. The summed E-state index contributed by atoms with van der Waals surface area (Å²) in [5.74, 6) is 2.57. The van der Waals surface area contributed by atoms with Crippen molar-refractivity contribution in [2.75, 3.05) is 6.54 Å². The van der Waals surface area contributed by atoms with Crippen molar-refractivity contribution in [3.05, 3.63) is 0 Å². The highest BCUT2D eigenvalue weighted by Gasteiger charge is 2.72. The largest absolute Gasteiger partial charge is 0.354 e. The van der Waals surface area contributed by atoms with Crippen molar-refractivity contribution in [2.45, 2.75) is 57.8 Å². The van der Waals surface area contributed by atoms with E-state index in [1.165, 1.54) is 38.5 Å². The fourth-order valence-electron chi connectivity index (χ4n) is 4.97. The highest BCUT2D eigenvalue weighted by Crippen LogP contribution is 2.71. The van der Waals surface area contributed by atoms with Gasteiger partial charge in [-0.15, -0.1) is 0 Å². The number of carbonyl (C=O) groups is 1. The molecule has 20 heavy (non-hydrogen) atoms. The summed E-state index contributed by atoms with van der Waals surface area (Å²) in [6.45, 7) is 0.819. The predicted molar refractivity (Wildman–Crippen MR) is 75.5 cm³/mol. The Morgan fingerprint density at radius 3 is 2.60 bits per heavy atom. The Bertz CT molecular complexity index is 470. The van der Waals surface area contributed by atoms with E-state index in [0.717, 1.165) is 37.6 Å². The molecule has 1 N–H and O–H groups in total. The fourth-order valence-corrected chi connectivity index (χ4v) is 4.97. The molecule has 4 aliphatic rings. The Morgan fingerprint density at radius 1 is 1.25 bits per heavy atom. The maximum absolute atomic E-state index is 12.5. The van der Waals surface area contributed by atoms with Gasteiger partial charge in [0, 0.05) is 12.0 Å². The molecule has 3 nitrogen and oxygen atoms in total. The first kappa shape index (κ1) is 12.7. The molecule has 1 unspecified atom stereocenters. The van der Waals surface area contributed by atoms with E-state index in [1.54, 1.807) is 0 Å². The molecule has 0 heterocycles. The van der Waals surface area contributed by atoms with Crippen molar-refractivity contribution in [1.29, 1.82) is 5.26 Å². The van der Waals surface area contributed by atoms with Crippen LogP contribution in [0.3, 0.4) is 0 Å². The van der Waals surface area contributed by atoms with E-state index in [1.807, 2.05) is 0 Å². The fraction of sp³-hybridized carbons (Fsp3) is 0.882. The van der Waals surface area contributed by atoms with Crippen LogP contribution in [0.4, 0.5) is 0 Å². The molecule has 0 aromatic rings. The van der Waals surface area contributed by atoms with Crippen LogP contribution in [0.5, 0.6) is 0 Å². The lowest BCUT2D eigenvalue weighted by molar-refractivity contribution is -0.125. The van der Waals surface area contributed by atoms with Gasteiger partial charge < -0.3 is 5.32 Å². The average molecular weight is 272 g/mol. The van der Waals surface area contributed by atoms with E-state index >= 15 is 0 Å². The summed E-state index contributed by atoms with van der Waals surface area (Å²) in [6.07, 6.45) is 10.9. The minimum absolute atomic E-state index is 0.0427. The SMILES string of the molecule is N#CC1(C(=O)NC[C@@H]2C[C@H]2C2CCC2)CC12CCCC2. The zero-order chi connectivity index (χ0) is 13.8. The highest BCUT2D eigenvalue weighted by molar-refractivity contribution is 5.90. The van der Waals surface area contributed by atoms with E-state index in [2.05, 4.69) is 11.4 Å². The third-order valence-corrected chi connectivity index (χ3v) is 6.78. The molecular weight excluding hydrogens is 248 g/mol. The maximum Gasteiger partial charge on any atom is 0.241 e. The zero-order valence-corrected chi connectivity index (χ0v) is 12.2. The first-order valence-electron chi connectivity index (χ1n) is 8.40. The van der Waals surface area contributed by atoms with Gasteiger partial charge in [0.2, 0.25) is 5.91 Å². The van der Waals surface area contributed by atoms with Crippen molar-refractivity contribution in [2.24, 2.45) is 28.6 Å². The summed E-state index contributed by atoms with van der Waals surface area (Å²) in [7, 11) is 0. The van der Waals surface area contributed by atoms with Crippen LogP contribution in [0.2, 0.25) is 0 Å². The molecule has 1 spiro atoms. The molecule has 4 fully saturated rings. The number of carbonyl (C=O) groups excluding carboxylic acids is 1. The molecule has 0 aromatic carbocycles. The van der Waals surface area contributed by atoms with E-state index < -0.39 is 5.41 Å². The third kappa shape index (κ3) is 1.66. The molecule has 0 aromatic heterocycles. The molecule has 0 saturated heterocycles. The zero-order valence-electron chi connectivity index (χ0n) is 12.2. The van der Waals surface area contributed by atoms with Gasteiger partial charge in [-0.2, -0.15) is 5.26 Å². The van der Waals surface area contributed by atoms with E-state index in [4.69, 9.17) is 0 Å². The molecule has 4 rings (SSSR count). The third-order valence-electron chi connectivity index (χ3n) is 6.78. The Labute approximate surface area is 121 Å². The Kier molecular flexibility index (Phi) is 2.68. The van der Waals surface area contributed by atoms with Crippen molar-refractivity contribution < 1.29 is 4.79 Å². The van der Waals surface area contributed by atoms with Gasteiger partial charge in [0.05, 0.1) is 6.07 Å². The molecular formula is C17H24N2O. The van der Waals surface area contributed by atoms with Crippen LogP contribution < -0.4 is 5.32 Å². The van der Waals surface area contributed by atoms with Crippen LogP contribution in [0, 0.1) is 39.9 Å². The molecule has 4 aliphatic carbocycles. The number of rotatable bonds is 4. The molecule has 0 aliphatic heterocycles. The minimum Gasteiger partial charge on any atom is -0.354 e. The Morgan fingerprint density at radius 2 is 2.00 bits per heavy atom. The van der Waals surface area contributed by atoms with Gasteiger partial charge in [-0.25, -0.2) is 0 Å². The van der Waals surface area contributed by atoms with Gasteiger partial charge in [0.1, 0.15) is 5.41 Å². The van der Waals surface area contributed by atoms with Crippen molar-refractivity contribution in [3.8, 4) is 6.07 Å². The van der Waals surface area contributed by atoms with Gasteiger partial charge in [0.25, 0.3) is 0 Å². The first-order valence-corrected chi connectivity index (χ1v) is 8.40. The molecule has 0 radical (unpaired) electrons. The van der Waals surface area contributed by atoms with Gasteiger partial charge in [-0.1, -0.05) is 32.1 Å². The van der Waals surface area contributed by atoms with Gasteiger partial charge in [-0.3, -0.25) is 4.79 Å². The summed E-state index contributed by atoms with van der Waals surface area (Å²) in [4.78, 5) is 12.5. The standard InChI is InChI=1S/C17H24N2O/c18-11-17(10-16(17)6-1-2-7-16)15(20)19-9-13-8-14(13)12-4-3-5-12/h12-14H,1-10H2,(H,19,20)/t13-,14-,17?/m0/s1. The minimum atomic E-state index is -0.662. The van der Waals surface area contributed by atoms with Crippen LogP contribution in [0.25, 0.3) is 0 Å². The summed E-state index contributed by atoms with van der Waals surface area (Å²) in [5.41, 5.74) is -0.604. The van der Waals surface area contributed by atoms with Crippen LogP contribution in [0.1, 0.15) is 57.8 Å². The summed E-state index contributed by atoms with van der Waals surface area (Å²) >= 11 is 0. The topological polar surface area (TPSA) is 52.9 Å². The number of amides is 1. The summed E-state index contributed by atoms with van der Waals surface area (Å²) in [6, 6.07) is 2.37. The lowest BCUT2D eigenvalue weighted by atomic mass is 9.81. The second kappa shape index (κ2) is 4.23. The van der Waals surface area contributed by atoms with Gasteiger partial charge in [0.15, 0.2) is 0 Å². The number of nitriles is 1. The lowest BCUT2D eigenvalue weighted by Crippen LogP contribution is -2.36. The van der Waals surface area contributed by atoms with E-state index in [-0.39, 0.29) is 11.3 Å². The van der Waals surface area contributed by atoms with Crippen LogP contribution >= 0.6 is 0 Å². The normalized spacial score (nSPS) is 41.0. The van der Waals surface area contributed by atoms with Crippen molar-refractivity contribution in [3.63, 3.8) is 0 Å². The van der Waals surface area contributed by atoms with Crippen LogP contribution in [-0.2, 0) is 4.79 Å². The second-order valence-electron chi connectivity index (χ2n) is 7.74. The monoisotopic (exact) mass is 272 g/mol. The Balaban J connectivity index is 1.31. The second-order valence-corrected chi connectivity index (χ2v) is 7.74. The number of nitrogens with zero attached hydrogens (tertiary/aromatic N) is 1. The van der Waals surface area contributed by atoms with Gasteiger partial charge >= 0.3 is 0 Å². The van der Waals surface area contributed by atoms with Crippen LogP contribution in [0.15, 0.2) is 0 Å². The van der Waals surface area contributed by atoms with Crippen molar-refractivity contribution in [1.82, 2.24) is 5.32 Å². The molecule has 108 valence electrons. The Hall–Kier alpha value is -1.04. The van der Waals surface area contributed by atoms with Crippen LogP contribution in [-0.4, -0.2) is 12.5 Å². The number of hydrogen-bond donors (Lipinski definition) is 1. The van der Waals surface area contributed by atoms with Gasteiger partial charge in [-0.05, 0) is 43.4 Å². The maximum atomic E-state index is 12.5. The molecule has 4 saturated carbocycles. The highest BCUT2D eigenvalue weighted by atomic mass is 16.2. The summed E-state index contributed by atoms with van der Waals surface area (Å²) in [5, 5.41) is 12.6. The van der Waals surface area contributed by atoms with Crippen molar-refractivity contribution >= 4 is 5.91 Å². The molecule has 1 amide bonds. The lowest BCUT2D eigenvalue weighted by Gasteiger charge is -2.25.